The van der Waals surface area contributed by atoms with E-state index in [-0.39, 0.29) is 5.91 Å². The molecule has 0 aliphatic rings. The van der Waals surface area contributed by atoms with Crippen LogP contribution in [-0.4, -0.2) is 17.4 Å². The van der Waals surface area contributed by atoms with Crippen molar-refractivity contribution in [3.63, 3.8) is 0 Å². The van der Waals surface area contributed by atoms with Gasteiger partial charge in [0.25, 0.3) is 5.91 Å². The normalized spacial score (nSPS) is 10.2. The van der Waals surface area contributed by atoms with Gasteiger partial charge >= 0.3 is 0 Å². The summed E-state index contributed by atoms with van der Waals surface area (Å²) in [4.78, 5) is 16.6. The molecule has 2 aromatic carbocycles. The van der Waals surface area contributed by atoms with E-state index in [0.29, 0.717) is 17.7 Å². The molecule has 0 bridgehead atoms. The summed E-state index contributed by atoms with van der Waals surface area (Å²) in [6.45, 7) is 2.54. The summed E-state index contributed by atoms with van der Waals surface area (Å²) >= 11 is 1.64. The van der Waals surface area contributed by atoms with E-state index in [0.717, 1.165) is 28.2 Å². The molecule has 0 atom stereocenters. The molecule has 0 radical (unpaired) electrons. The number of amides is 1. The Morgan fingerprint density at radius 2 is 2.04 bits per heavy atom. The predicted molar refractivity (Wildman–Crippen MR) is 99.5 cm³/mol. The lowest BCUT2D eigenvalue weighted by atomic mass is 10.1. The molecule has 25 heavy (non-hydrogen) atoms. The average Bonchev–Trinajstić information content (AvgIpc) is 3.08. The number of aryl methyl sites for hydroxylation is 1. The van der Waals surface area contributed by atoms with Crippen molar-refractivity contribution in [3.8, 4) is 17.3 Å². The van der Waals surface area contributed by atoms with E-state index in [1.165, 1.54) is 0 Å². The number of hydrogen-bond donors (Lipinski definition) is 1. The van der Waals surface area contributed by atoms with Crippen LogP contribution in [0.15, 0.2) is 53.9 Å². The standard InChI is InChI=1S/C20H17N3OS/c1-14-23-19(13-25-14)17-7-5-15(6-8-17)9-10-22-20(24)18-4-2-3-16(11-18)12-21/h2-8,11,13H,9-10H2,1H3,(H,22,24). The van der Waals surface area contributed by atoms with Gasteiger partial charge in [0.1, 0.15) is 0 Å². The summed E-state index contributed by atoms with van der Waals surface area (Å²) in [5.74, 6) is -0.160. The molecule has 0 spiro atoms. The largest absolute Gasteiger partial charge is 0.352 e. The maximum atomic E-state index is 12.1. The van der Waals surface area contributed by atoms with Crippen molar-refractivity contribution in [3.05, 3.63) is 75.6 Å². The summed E-state index contributed by atoms with van der Waals surface area (Å²) in [5.41, 5.74) is 4.25. The Morgan fingerprint density at radius 1 is 1.24 bits per heavy atom. The van der Waals surface area contributed by atoms with Crippen LogP contribution in [0.3, 0.4) is 0 Å². The van der Waals surface area contributed by atoms with Gasteiger partial charge in [-0.25, -0.2) is 4.98 Å². The number of thiazole rings is 1. The minimum Gasteiger partial charge on any atom is -0.352 e. The first-order valence-electron chi connectivity index (χ1n) is 7.95. The summed E-state index contributed by atoms with van der Waals surface area (Å²) in [6.07, 6.45) is 0.750. The molecule has 1 amide bonds. The molecule has 0 unspecified atom stereocenters. The van der Waals surface area contributed by atoms with Gasteiger partial charge in [0.2, 0.25) is 0 Å². The van der Waals surface area contributed by atoms with Crippen molar-refractivity contribution in [2.75, 3.05) is 6.54 Å². The third kappa shape index (κ3) is 4.31. The highest BCUT2D eigenvalue weighted by Crippen LogP contribution is 2.21. The Balaban J connectivity index is 1.55. The van der Waals surface area contributed by atoms with Crippen LogP contribution in [0, 0.1) is 18.3 Å². The van der Waals surface area contributed by atoms with Gasteiger partial charge in [0, 0.05) is 23.1 Å². The van der Waals surface area contributed by atoms with E-state index in [2.05, 4.69) is 39.9 Å². The van der Waals surface area contributed by atoms with E-state index < -0.39 is 0 Å². The van der Waals surface area contributed by atoms with E-state index in [1.807, 2.05) is 13.0 Å². The number of carbonyl (C=O) groups excluding carboxylic acids is 1. The molecular formula is C20H17N3OS. The SMILES string of the molecule is Cc1nc(-c2ccc(CCNC(=O)c3cccc(C#N)c3)cc2)cs1. The lowest BCUT2D eigenvalue weighted by Crippen LogP contribution is -2.25. The van der Waals surface area contributed by atoms with E-state index in [1.54, 1.807) is 35.6 Å². The fourth-order valence-electron chi connectivity index (χ4n) is 2.49. The minimum absolute atomic E-state index is 0.160. The minimum atomic E-state index is -0.160. The number of carbonyl (C=O) groups is 1. The first-order valence-corrected chi connectivity index (χ1v) is 8.83. The first-order chi connectivity index (χ1) is 12.2. The molecule has 0 aliphatic carbocycles. The van der Waals surface area contributed by atoms with Gasteiger partial charge in [-0.3, -0.25) is 4.79 Å². The summed E-state index contributed by atoms with van der Waals surface area (Å²) in [7, 11) is 0. The number of nitriles is 1. The molecule has 3 aromatic rings. The van der Waals surface area contributed by atoms with Crippen LogP contribution in [0.2, 0.25) is 0 Å². The smallest absolute Gasteiger partial charge is 0.251 e. The van der Waals surface area contributed by atoms with Crippen molar-refractivity contribution in [1.29, 1.82) is 5.26 Å². The fourth-order valence-corrected chi connectivity index (χ4v) is 3.11. The number of aromatic nitrogens is 1. The molecule has 3 rings (SSSR count). The van der Waals surface area contributed by atoms with Crippen molar-refractivity contribution in [1.82, 2.24) is 10.3 Å². The highest BCUT2D eigenvalue weighted by Gasteiger charge is 2.06. The third-order valence-corrected chi connectivity index (χ3v) is 4.60. The molecule has 4 nitrogen and oxygen atoms in total. The lowest BCUT2D eigenvalue weighted by molar-refractivity contribution is 0.0954. The van der Waals surface area contributed by atoms with Gasteiger partial charge < -0.3 is 5.32 Å². The number of hydrogen-bond acceptors (Lipinski definition) is 4. The van der Waals surface area contributed by atoms with Crippen LogP contribution >= 0.6 is 11.3 Å². The molecular weight excluding hydrogens is 330 g/mol. The monoisotopic (exact) mass is 347 g/mol. The molecule has 0 saturated heterocycles. The molecule has 5 heteroatoms. The van der Waals surface area contributed by atoms with Gasteiger partial charge in [0.05, 0.1) is 22.3 Å². The van der Waals surface area contributed by atoms with Crippen LogP contribution in [0.25, 0.3) is 11.3 Å². The molecule has 124 valence electrons. The number of benzene rings is 2. The zero-order valence-corrected chi connectivity index (χ0v) is 14.6. The number of rotatable bonds is 5. The van der Waals surface area contributed by atoms with E-state index in [9.17, 15) is 4.79 Å². The predicted octanol–water partition coefficient (Wildman–Crippen LogP) is 3.96. The molecule has 1 heterocycles. The second kappa shape index (κ2) is 7.73. The van der Waals surface area contributed by atoms with Gasteiger partial charge in [0.15, 0.2) is 0 Å². The maximum absolute atomic E-state index is 12.1. The molecule has 0 aliphatic heterocycles. The van der Waals surface area contributed by atoms with Crippen molar-refractivity contribution < 1.29 is 4.79 Å². The van der Waals surface area contributed by atoms with Crippen LogP contribution in [0.5, 0.6) is 0 Å². The summed E-state index contributed by atoms with van der Waals surface area (Å²) in [5, 5.41) is 14.9. The Labute approximate surface area is 150 Å². The van der Waals surface area contributed by atoms with Gasteiger partial charge in [-0.15, -0.1) is 11.3 Å². The molecule has 0 fully saturated rings. The molecule has 1 N–H and O–H groups in total. The number of nitrogens with one attached hydrogen (secondary N) is 1. The highest BCUT2D eigenvalue weighted by atomic mass is 32.1. The summed E-state index contributed by atoms with van der Waals surface area (Å²) < 4.78 is 0. The second-order valence-electron chi connectivity index (χ2n) is 5.65. The zero-order valence-electron chi connectivity index (χ0n) is 13.8. The second-order valence-corrected chi connectivity index (χ2v) is 6.71. The Kier molecular flexibility index (Phi) is 5.22. The van der Waals surface area contributed by atoms with Crippen LogP contribution in [0.4, 0.5) is 0 Å². The topological polar surface area (TPSA) is 65.8 Å². The van der Waals surface area contributed by atoms with Crippen LogP contribution in [-0.2, 0) is 6.42 Å². The number of nitrogens with zero attached hydrogens (tertiary/aromatic N) is 2. The van der Waals surface area contributed by atoms with Gasteiger partial charge in [-0.1, -0.05) is 30.3 Å². The summed E-state index contributed by atoms with van der Waals surface area (Å²) in [6, 6.07) is 17.0. The lowest BCUT2D eigenvalue weighted by Gasteiger charge is -2.06. The van der Waals surface area contributed by atoms with Gasteiger partial charge in [-0.2, -0.15) is 5.26 Å². The van der Waals surface area contributed by atoms with Crippen molar-refractivity contribution in [2.24, 2.45) is 0 Å². The quantitative estimate of drug-likeness (QED) is 0.759. The highest BCUT2D eigenvalue weighted by molar-refractivity contribution is 7.09. The van der Waals surface area contributed by atoms with E-state index in [4.69, 9.17) is 5.26 Å². The fraction of sp³-hybridized carbons (Fsp3) is 0.150. The maximum Gasteiger partial charge on any atom is 0.251 e. The van der Waals surface area contributed by atoms with Crippen LogP contribution in [0.1, 0.15) is 26.5 Å². The van der Waals surface area contributed by atoms with E-state index >= 15 is 0 Å². The van der Waals surface area contributed by atoms with Crippen LogP contribution < -0.4 is 5.32 Å². The first kappa shape index (κ1) is 16.9. The van der Waals surface area contributed by atoms with Crippen molar-refractivity contribution in [2.45, 2.75) is 13.3 Å². The average molecular weight is 347 g/mol. The third-order valence-electron chi connectivity index (χ3n) is 3.82. The Morgan fingerprint density at radius 3 is 2.72 bits per heavy atom. The van der Waals surface area contributed by atoms with Crippen molar-refractivity contribution >= 4 is 17.2 Å². The molecule has 1 aromatic heterocycles. The zero-order chi connectivity index (χ0) is 17.6. The van der Waals surface area contributed by atoms with Gasteiger partial charge in [-0.05, 0) is 37.1 Å². The Hall–Kier alpha value is -2.97. The Bertz CT molecular complexity index is 923. The molecule has 0 saturated carbocycles.